The van der Waals surface area contributed by atoms with Crippen LogP contribution in [0.1, 0.15) is 11.3 Å². The molecule has 5 heteroatoms. The van der Waals surface area contributed by atoms with Crippen molar-refractivity contribution in [3.8, 4) is 5.75 Å². The predicted octanol–water partition coefficient (Wildman–Crippen LogP) is 3.23. The second kappa shape index (κ2) is 6.39. The summed E-state index contributed by atoms with van der Waals surface area (Å²) in [4.78, 5) is 16.0. The van der Waals surface area contributed by atoms with Gasteiger partial charge in [-0.25, -0.2) is 0 Å². The maximum atomic E-state index is 12.0. The molecule has 1 N–H and O–H groups in total. The number of halogens is 1. The van der Waals surface area contributed by atoms with Crippen LogP contribution in [0.25, 0.3) is 0 Å². The summed E-state index contributed by atoms with van der Waals surface area (Å²) in [5, 5.41) is 3.32. The van der Waals surface area contributed by atoms with Gasteiger partial charge in [0.1, 0.15) is 5.75 Å². The molecule has 4 nitrogen and oxygen atoms in total. The monoisotopic (exact) mass is 290 g/mol. The number of carbonyl (C=O) groups excluding carboxylic acids is 1. The minimum atomic E-state index is -0.100. The molecule has 20 heavy (non-hydrogen) atoms. The van der Waals surface area contributed by atoms with E-state index in [1.54, 1.807) is 31.5 Å². The van der Waals surface area contributed by atoms with E-state index < -0.39 is 0 Å². The molecule has 2 aromatic rings. The molecular weight excluding hydrogens is 276 g/mol. The molecule has 0 bridgehead atoms. The van der Waals surface area contributed by atoms with E-state index in [0.717, 1.165) is 16.9 Å². The van der Waals surface area contributed by atoms with Crippen LogP contribution in [0, 0.1) is 6.92 Å². The van der Waals surface area contributed by atoms with Crippen molar-refractivity contribution in [2.24, 2.45) is 0 Å². The first-order chi connectivity index (χ1) is 9.58. The zero-order valence-electron chi connectivity index (χ0n) is 11.3. The Bertz CT molecular complexity index is 629. The summed E-state index contributed by atoms with van der Waals surface area (Å²) < 4.78 is 5.07. The fourth-order valence-corrected chi connectivity index (χ4v) is 2.11. The van der Waals surface area contributed by atoms with Gasteiger partial charge in [0.15, 0.2) is 0 Å². The van der Waals surface area contributed by atoms with Crippen LogP contribution >= 0.6 is 11.6 Å². The Balaban J connectivity index is 2.03. The Morgan fingerprint density at radius 1 is 1.35 bits per heavy atom. The molecular formula is C15H15ClN2O2. The quantitative estimate of drug-likeness (QED) is 0.940. The zero-order valence-corrected chi connectivity index (χ0v) is 12.1. The van der Waals surface area contributed by atoms with Crippen LogP contribution in [0.5, 0.6) is 5.75 Å². The lowest BCUT2D eigenvalue weighted by Crippen LogP contribution is -2.14. The van der Waals surface area contributed by atoms with E-state index in [-0.39, 0.29) is 12.3 Å². The van der Waals surface area contributed by atoms with Crippen molar-refractivity contribution in [1.29, 1.82) is 0 Å². The van der Waals surface area contributed by atoms with Crippen molar-refractivity contribution in [2.45, 2.75) is 13.3 Å². The van der Waals surface area contributed by atoms with E-state index in [2.05, 4.69) is 10.3 Å². The summed E-state index contributed by atoms with van der Waals surface area (Å²) in [5.41, 5.74) is 2.43. The number of aryl methyl sites for hydroxylation is 1. The molecule has 0 aliphatic heterocycles. The Hall–Kier alpha value is -2.07. The second-order valence-electron chi connectivity index (χ2n) is 4.38. The van der Waals surface area contributed by atoms with Crippen LogP contribution < -0.4 is 10.1 Å². The third-order valence-electron chi connectivity index (χ3n) is 2.76. The summed E-state index contributed by atoms with van der Waals surface area (Å²) in [5.74, 6) is 0.498. The molecule has 0 fully saturated rings. The molecule has 1 aromatic carbocycles. The number of nitrogens with one attached hydrogen (secondary N) is 1. The first-order valence-electron chi connectivity index (χ1n) is 6.13. The van der Waals surface area contributed by atoms with Gasteiger partial charge >= 0.3 is 0 Å². The third-order valence-corrected chi connectivity index (χ3v) is 3.06. The van der Waals surface area contributed by atoms with Crippen LogP contribution in [0.4, 0.5) is 5.69 Å². The second-order valence-corrected chi connectivity index (χ2v) is 4.79. The van der Waals surface area contributed by atoms with Gasteiger partial charge in [-0.3, -0.25) is 9.78 Å². The van der Waals surface area contributed by atoms with Gasteiger partial charge < -0.3 is 10.1 Å². The van der Waals surface area contributed by atoms with Crippen LogP contribution in [-0.4, -0.2) is 18.0 Å². The van der Waals surface area contributed by atoms with Gasteiger partial charge in [0.2, 0.25) is 5.91 Å². The van der Waals surface area contributed by atoms with Crippen LogP contribution in [0.2, 0.25) is 5.02 Å². The predicted molar refractivity (Wildman–Crippen MR) is 79.3 cm³/mol. The summed E-state index contributed by atoms with van der Waals surface area (Å²) in [6.07, 6.45) is 1.92. The highest BCUT2D eigenvalue weighted by Gasteiger charge is 2.07. The van der Waals surface area contributed by atoms with Gasteiger partial charge in [-0.2, -0.15) is 0 Å². The number of hydrogen-bond acceptors (Lipinski definition) is 3. The Morgan fingerprint density at radius 3 is 2.80 bits per heavy atom. The fourth-order valence-electron chi connectivity index (χ4n) is 1.83. The van der Waals surface area contributed by atoms with Gasteiger partial charge in [-0.05, 0) is 36.8 Å². The van der Waals surface area contributed by atoms with E-state index >= 15 is 0 Å². The number of ether oxygens (including phenoxy) is 1. The minimum Gasteiger partial charge on any atom is -0.495 e. The SMILES string of the molecule is COc1ccc(CC(=O)Nc2ccnc(C)c2)cc1Cl. The molecule has 1 aromatic heterocycles. The van der Waals surface area contributed by atoms with E-state index in [4.69, 9.17) is 16.3 Å². The molecule has 0 aliphatic carbocycles. The number of hydrogen-bond donors (Lipinski definition) is 1. The van der Waals surface area contributed by atoms with E-state index in [1.807, 2.05) is 19.1 Å². The maximum absolute atomic E-state index is 12.0. The topological polar surface area (TPSA) is 51.2 Å². The molecule has 104 valence electrons. The summed E-state index contributed by atoms with van der Waals surface area (Å²) in [6.45, 7) is 1.87. The zero-order chi connectivity index (χ0) is 14.5. The van der Waals surface area contributed by atoms with E-state index in [1.165, 1.54) is 0 Å². The average molecular weight is 291 g/mol. The molecule has 0 unspecified atom stereocenters. The summed E-state index contributed by atoms with van der Waals surface area (Å²) in [6, 6.07) is 8.88. The normalized spacial score (nSPS) is 10.2. The number of anilines is 1. The Labute approximate surface area is 122 Å². The average Bonchev–Trinajstić information content (AvgIpc) is 2.38. The number of carbonyl (C=O) groups is 1. The standard InChI is InChI=1S/C15H15ClN2O2/c1-10-7-12(5-6-17-10)18-15(19)9-11-3-4-14(20-2)13(16)8-11/h3-8H,9H2,1-2H3,(H,17,18,19). The third kappa shape index (κ3) is 3.71. The molecule has 0 aliphatic rings. The van der Waals surface area contributed by atoms with Gasteiger partial charge in [-0.15, -0.1) is 0 Å². The largest absolute Gasteiger partial charge is 0.495 e. The van der Waals surface area contributed by atoms with Gasteiger partial charge in [0.25, 0.3) is 0 Å². The molecule has 0 saturated carbocycles. The van der Waals surface area contributed by atoms with Crippen LogP contribution in [-0.2, 0) is 11.2 Å². The van der Waals surface area contributed by atoms with Gasteiger partial charge in [0, 0.05) is 17.6 Å². The molecule has 0 spiro atoms. The first-order valence-corrected chi connectivity index (χ1v) is 6.51. The fraction of sp³-hybridized carbons (Fsp3) is 0.200. The van der Waals surface area contributed by atoms with Gasteiger partial charge in [0.05, 0.1) is 18.6 Å². The van der Waals surface area contributed by atoms with Crippen molar-refractivity contribution in [2.75, 3.05) is 12.4 Å². The number of amides is 1. The Morgan fingerprint density at radius 2 is 2.15 bits per heavy atom. The molecule has 0 saturated heterocycles. The van der Waals surface area contributed by atoms with E-state index in [9.17, 15) is 4.79 Å². The highest BCUT2D eigenvalue weighted by Crippen LogP contribution is 2.25. The van der Waals surface area contributed by atoms with Crippen molar-refractivity contribution in [3.63, 3.8) is 0 Å². The van der Waals surface area contributed by atoms with Crippen molar-refractivity contribution in [1.82, 2.24) is 4.98 Å². The lowest BCUT2D eigenvalue weighted by molar-refractivity contribution is -0.115. The number of pyridine rings is 1. The highest BCUT2D eigenvalue weighted by molar-refractivity contribution is 6.32. The minimum absolute atomic E-state index is 0.100. The van der Waals surface area contributed by atoms with Crippen molar-refractivity contribution in [3.05, 3.63) is 52.8 Å². The van der Waals surface area contributed by atoms with Crippen molar-refractivity contribution < 1.29 is 9.53 Å². The number of benzene rings is 1. The molecule has 1 amide bonds. The van der Waals surface area contributed by atoms with Gasteiger partial charge in [-0.1, -0.05) is 17.7 Å². The number of aromatic nitrogens is 1. The Kier molecular flexibility index (Phi) is 4.58. The smallest absolute Gasteiger partial charge is 0.228 e. The van der Waals surface area contributed by atoms with E-state index in [0.29, 0.717) is 10.8 Å². The molecule has 0 atom stereocenters. The first kappa shape index (κ1) is 14.3. The molecule has 0 radical (unpaired) electrons. The van der Waals surface area contributed by atoms with Crippen LogP contribution in [0.15, 0.2) is 36.5 Å². The molecule has 1 heterocycles. The summed E-state index contributed by atoms with van der Waals surface area (Å²) in [7, 11) is 1.55. The number of methoxy groups -OCH3 is 1. The van der Waals surface area contributed by atoms with Crippen LogP contribution in [0.3, 0.4) is 0 Å². The maximum Gasteiger partial charge on any atom is 0.228 e. The summed E-state index contributed by atoms with van der Waals surface area (Å²) >= 11 is 6.03. The lowest BCUT2D eigenvalue weighted by atomic mass is 10.1. The van der Waals surface area contributed by atoms with Crippen molar-refractivity contribution >= 4 is 23.2 Å². The number of nitrogens with zero attached hydrogens (tertiary/aromatic N) is 1. The number of rotatable bonds is 4. The molecule has 2 rings (SSSR count). The highest BCUT2D eigenvalue weighted by atomic mass is 35.5. The lowest BCUT2D eigenvalue weighted by Gasteiger charge is -2.07.